The number of nitrogens with one attached hydrogen (secondary N) is 2. The molecule has 3 heteroatoms. The number of aromatic amines is 1. The van der Waals surface area contributed by atoms with Crippen molar-refractivity contribution in [3.63, 3.8) is 0 Å². The van der Waals surface area contributed by atoms with Crippen molar-refractivity contribution >= 4 is 10.9 Å². The summed E-state index contributed by atoms with van der Waals surface area (Å²) in [6.45, 7) is 3.29. The average Bonchev–Trinajstić information content (AvgIpc) is 3.14. The van der Waals surface area contributed by atoms with E-state index in [2.05, 4.69) is 29.5 Å². The Labute approximate surface area is 114 Å². The quantitative estimate of drug-likeness (QED) is 0.781. The summed E-state index contributed by atoms with van der Waals surface area (Å²) in [7, 11) is 1.73. The van der Waals surface area contributed by atoms with Gasteiger partial charge in [0.25, 0.3) is 0 Å². The highest BCUT2D eigenvalue weighted by atomic mass is 16.5. The Kier molecular flexibility index (Phi) is 3.47. The molecule has 3 nitrogen and oxygen atoms in total. The van der Waals surface area contributed by atoms with Crippen LogP contribution in [-0.4, -0.2) is 24.7 Å². The van der Waals surface area contributed by atoms with Crippen LogP contribution in [0.25, 0.3) is 10.9 Å². The van der Waals surface area contributed by atoms with Crippen molar-refractivity contribution in [1.82, 2.24) is 10.3 Å². The maximum absolute atomic E-state index is 5.42. The molecule has 0 atom stereocenters. The van der Waals surface area contributed by atoms with Crippen LogP contribution in [0.2, 0.25) is 0 Å². The number of hydrogen-bond acceptors (Lipinski definition) is 2. The molecule has 1 aromatic carbocycles. The number of aryl methyl sites for hydroxylation is 2. The number of fused-ring (bicyclic) bond motifs is 1. The van der Waals surface area contributed by atoms with E-state index in [-0.39, 0.29) is 0 Å². The molecule has 102 valence electrons. The van der Waals surface area contributed by atoms with Gasteiger partial charge in [-0.25, -0.2) is 0 Å². The minimum absolute atomic E-state index is 0.810. The van der Waals surface area contributed by atoms with Gasteiger partial charge in [-0.15, -0.1) is 0 Å². The lowest BCUT2D eigenvalue weighted by Gasteiger charge is -2.06. The number of H-pyrrole nitrogens is 1. The van der Waals surface area contributed by atoms with Gasteiger partial charge in [-0.05, 0) is 56.3 Å². The van der Waals surface area contributed by atoms with Crippen molar-refractivity contribution in [2.75, 3.05) is 13.7 Å². The molecular weight excluding hydrogens is 236 g/mol. The minimum Gasteiger partial charge on any atom is -0.495 e. The predicted octanol–water partition coefficient (Wildman–Crippen LogP) is 3.17. The number of benzene rings is 1. The second-order valence-corrected chi connectivity index (χ2v) is 5.48. The maximum Gasteiger partial charge on any atom is 0.142 e. The van der Waals surface area contributed by atoms with Crippen LogP contribution in [0.15, 0.2) is 18.3 Å². The predicted molar refractivity (Wildman–Crippen MR) is 78.9 cm³/mol. The van der Waals surface area contributed by atoms with E-state index in [1.807, 2.05) is 6.07 Å². The van der Waals surface area contributed by atoms with Crippen molar-refractivity contribution in [2.45, 2.75) is 38.6 Å². The fraction of sp³-hybridized carbons (Fsp3) is 0.500. The summed E-state index contributed by atoms with van der Waals surface area (Å²) in [5.74, 6) is 0.933. The van der Waals surface area contributed by atoms with E-state index in [1.54, 1.807) is 7.11 Å². The zero-order valence-electron chi connectivity index (χ0n) is 11.8. The Balaban J connectivity index is 1.75. The molecule has 1 aromatic heterocycles. The molecule has 2 aromatic rings. The fourth-order valence-electron chi connectivity index (χ4n) is 2.72. The van der Waals surface area contributed by atoms with Gasteiger partial charge in [0.1, 0.15) is 5.75 Å². The molecule has 0 aliphatic heterocycles. The Morgan fingerprint density at radius 2 is 2.21 bits per heavy atom. The van der Waals surface area contributed by atoms with Crippen LogP contribution in [0.5, 0.6) is 5.75 Å². The van der Waals surface area contributed by atoms with Gasteiger partial charge in [0.05, 0.1) is 12.6 Å². The van der Waals surface area contributed by atoms with E-state index >= 15 is 0 Å². The molecule has 1 fully saturated rings. The van der Waals surface area contributed by atoms with Crippen LogP contribution >= 0.6 is 0 Å². The Hall–Kier alpha value is -1.48. The molecule has 0 saturated heterocycles. The molecule has 0 unspecified atom stereocenters. The van der Waals surface area contributed by atoms with Gasteiger partial charge in [0.2, 0.25) is 0 Å². The van der Waals surface area contributed by atoms with Gasteiger partial charge in [0, 0.05) is 17.6 Å². The summed E-state index contributed by atoms with van der Waals surface area (Å²) < 4.78 is 5.42. The van der Waals surface area contributed by atoms with E-state index in [0.717, 1.165) is 30.3 Å². The molecule has 3 rings (SSSR count). The third-order valence-electron chi connectivity index (χ3n) is 3.94. The lowest BCUT2D eigenvalue weighted by Crippen LogP contribution is -2.17. The first kappa shape index (κ1) is 12.5. The topological polar surface area (TPSA) is 37.0 Å². The Bertz CT molecular complexity index is 569. The molecule has 1 heterocycles. The van der Waals surface area contributed by atoms with Crippen LogP contribution in [-0.2, 0) is 6.42 Å². The molecule has 0 amide bonds. The van der Waals surface area contributed by atoms with Crippen LogP contribution in [0, 0.1) is 6.92 Å². The van der Waals surface area contributed by atoms with E-state index in [1.165, 1.54) is 35.8 Å². The van der Waals surface area contributed by atoms with Crippen molar-refractivity contribution in [1.29, 1.82) is 0 Å². The molecule has 0 bridgehead atoms. The van der Waals surface area contributed by atoms with Crippen molar-refractivity contribution in [2.24, 2.45) is 0 Å². The van der Waals surface area contributed by atoms with Gasteiger partial charge in [-0.1, -0.05) is 6.07 Å². The Morgan fingerprint density at radius 1 is 1.37 bits per heavy atom. The van der Waals surface area contributed by atoms with E-state index in [4.69, 9.17) is 4.74 Å². The highest BCUT2D eigenvalue weighted by Gasteiger charge is 2.19. The highest BCUT2D eigenvalue weighted by molar-refractivity contribution is 5.91. The van der Waals surface area contributed by atoms with Crippen molar-refractivity contribution in [3.05, 3.63) is 29.5 Å². The minimum atomic E-state index is 0.810. The first-order chi connectivity index (χ1) is 9.29. The van der Waals surface area contributed by atoms with Crippen LogP contribution < -0.4 is 10.1 Å². The normalized spacial score (nSPS) is 15.1. The molecule has 1 saturated carbocycles. The lowest BCUT2D eigenvalue weighted by molar-refractivity contribution is 0.419. The third-order valence-corrected chi connectivity index (χ3v) is 3.94. The number of hydrogen-bond donors (Lipinski definition) is 2. The highest BCUT2D eigenvalue weighted by Crippen LogP contribution is 2.30. The second kappa shape index (κ2) is 5.25. The van der Waals surface area contributed by atoms with E-state index < -0.39 is 0 Å². The molecule has 19 heavy (non-hydrogen) atoms. The molecule has 2 N–H and O–H groups in total. The first-order valence-corrected chi connectivity index (χ1v) is 7.16. The van der Waals surface area contributed by atoms with Crippen LogP contribution in [0.3, 0.4) is 0 Å². The zero-order valence-corrected chi connectivity index (χ0v) is 11.8. The first-order valence-electron chi connectivity index (χ1n) is 7.16. The van der Waals surface area contributed by atoms with E-state index in [9.17, 15) is 0 Å². The van der Waals surface area contributed by atoms with Gasteiger partial charge in [-0.2, -0.15) is 0 Å². The van der Waals surface area contributed by atoms with Gasteiger partial charge >= 0.3 is 0 Å². The third kappa shape index (κ3) is 2.61. The van der Waals surface area contributed by atoms with Crippen molar-refractivity contribution in [3.8, 4) is 5.75 Å². The standard InChI is InChI=1S/C16H22N2O/c1-11-5-8-14(19-2)16-15(11)12(10-18-16)4-3-9-17-13-6-7-13/h5,8,10,13,17-18H,3-4,6-7,9H2,1-2H3. The second-order valence-electron chi connectivity index (χ2n) is 5.48. The summed E-state index contributed by atoms with van der Waals surface area (Å²) in [5, 5.41) is 4.91. The molecule has 0 spiro atoms. The summed E-state index contributed by atoms with van der Waals surface area (Å²) in [6, 6.07) is 4.98. The van der Waals surface area contributed by atoms with Crippen LogP contribution in [0.4, 0.5) is 0 Å². The summed E-state index contributed by atoms with van der Waals surface area (Å²) in [4.78, 5) is 3.37. The van der Waals surface area contributed by atoms with E-state index in [0.29, 0.717) is 0 Å². The smallest absolute Gasteiger partial charge is 0.142 e. The summed E-state index contributed by atoms with van der Waals surface area (Å²) in [6.07, 6.45) is 7.18. The summed E-state index contributed by atoms with van der Waals surface area (Å²) in [5.41, 5.74) is 3.86. The van der Waals surface area contributed by atoms with Gasteiger partial charge in [-0.3, -0.25) is 0 Å². The monoisotopic (exact) mass is 258 g/mol. The number of aromatic nitrogens is 1. The molecule has 0 radical (unpaired) electrons. The molecular formula is C16H22N2O. The largest absolute Gasteiger partial charge is 0.495 e. The van der Waals surface area contributed by atoms with Gasteiger partial charge in [0.15, 0.2) is 0 Å². The molecule has 1 aliphatic rings. The number of methoxy groups -OCH3 is 1. The van der Waals surface area contributed by atoms with Crippen LogP contribution in [0.1, 0.15) is 30.4 Å². The maximum atomic E-state index is 5.42. The summed E-state index contributed by atoms with van der Waals surface area (Å²) >= 11 is 0. The van der Waals surface area contributed by atoms with Crippen molar-refractivity contribution < 1.29 is 4.74 Å². The SMILES string of the molecule is COc1ccc(C)c2c(CCCNC3CC3)c[nH]c12. The Morgan fingerprint density at radius 3 is 2.95 bits per heavy atom. The number of ether oxygens (including phenoxy) is 1. The fourth-order valence-corrected chi connectivity index (χ4v) is 2.72. The average molecular weight is 258 g/mol. The van der Waals surface area contributed by atoms with Gasteiger partial charge < -0.3 is 15.0 Å². The zero-order chi connectivity index (χ0) is 13.2. The number of rotatable bonds is 6. The molecule has 1 aliphatic carbocycles. The lowest BCUT2D eigenvalue weighted by atomic mass is 10.0.